The van der Waals surface area contributed by atoms with Crippen LogP contribution in [0, 0.1) is 0 Å². The molecule has 1 heterocycles. The molecule has 0 saturated heterocycles. The van der Waals surface area contributed by atoms with E-state index in [1.165, 1.54) is 11.3 Å². The lowest BCUT2D eigenvalue weighted by Gasteiger charge is -2.04. The van der Waals surface area contributed by atoms with Crippen molar-refractivity contribution in [2.24, 2.45) is 0 Å². The van der Waals surface area contributed by atoms with Crippen molar-refractivity contribution >= 4 is 28.2 Å². The molecule has 0 spiro atoms. The van der Waals surface area contributed by atoms with Gasteiger partial charge in [-0.2, -0.15) is 0 Å². The van der Waals surface area contributed by atoms with Crippen molar-refractivity contribution in [3.8, 4) is 11.1 Å². The number of ketones is 1. The number of rotatable bonds is 3. The first kappa shape index (κ1) is 15.7. The summed E-state index contributed by atoms with van der Waals surface area (Å²) in [7, 11) is 0. The Kier molecular flexibility index (Phi) is 3.69. The van der Waals surface area contributed by atoms with E-state index < -0.39 is 0 Å². The molecule has 0 unspecified atom stereocenters. The lowest BCUT2D eigenvalue weighted by atomic mass is 10.0. The van der Waals surface area contributed by atoms with Crippen LogP contribution >= 0.6 is 11.3 Å². The van der Waals surface area contributed by atoms with Crippen molar-refractivity contribution in [2.75, 3.05) is 5.32 Å². The molecule has 1 N–H and O–H groups in total. The van der Waals surface area contributed by atoms with E-state index in [0.29, 0.717) is 21.8 Å². The quantitative estimate of drug-likeness (QED) is 0.604. The maximum absolute atomic E-state index is 12.5. The van der Waals surface area contributed by atoms with Gasteiger partial charge in [0.15, 0.2) is 5.78 Å². The van der Waals surface area contributed by atoms with Gasteiger partial charge in [0.25, 0.3) is 5.91 Å². The van der Waals surface area contributed by atoms with Gasteiger partial charge in [-0.05, 0) is 23.3 Å². The van der Waals surface area contributed by atoms with Gasteiger partial charge in [-0.3, -0.25) is 14.9 Å². The Morgan fingerprint density at radius 2 is 1.72 bits per heavy atom. The number of carbonyl (C=O) groups is 2. The molecule has 6 heteroatoms. The van der Waals surface area contributed by atoms with Crippen LogP contribution in [0.1, 0.15) is 51.1 Å². The number of nitrogens with zero attached hydrogens (tertiary/aromatic N) is 2. The van der Waals surface area contributed by atoms with Crippen LogP contribution in [0.4, 0.5) is 5.13 Å². The topological polar surface area (TPSA) is 72.0 Å². The molecule has 0 fully saturated rings. The molecule has 1 aliphatic rings. The summed E-state index contributed by atoms with van der Waals surface area (Å²) in [6, 6.07) is 12.7. The Bertz CT molecular complexity index is 1010. The Labute approximate surface area is 148 Å². The average Bonchev–Trinajstić information content (AvgIpc) is 3.19. The number of aromatic nitrogens is 2. The molecule has 1 aliphatic carbocycles. The Hall–Kier alpha value is -2.86. The van der Waals surface area contributed by atoms with Gasteiger partial charge in [0, 0.05) is 22.6 Å². The van der Waals surface area contributed by atoms with Gasteiger partial charge < -0.3 is 0 Å². The van der Waals surface area contributed by atoms with Crippen LogP contribution in [0.15, 0.2) is 42.5 Å². The van der Waals surface area contributed by atoms with Crippen LogP contribution in [0.25, 0.3) is 11.1 Å². The van der Waals surface area contributed by atoms with E-state index in [0.717, 1.165) is 16.1 Å². The molecule has 0 saturated carbocycles. The van der Waals surface area contributed by atoms with Crippen molar-refractivity contribution in [3.05, 3.63) is 64.2 Å². The molecule has 0 aliphatic heterocycles. The lowest BCUT2D eigenvalue weighted by Crippen LogP contribution is -2.12. The summed E-state index contributed by atoms with van der Waals surface area (Å²) < 4.78 is 0. The highest BCUT2D eigenvalue weighted by Crippen LogP contribution is 2.36. The minimum absolute atomic E-state index is 0.0433. The summed E-state index contributed by atoms with van der Waals surface area (Å²) in [4.78, 5) is 25.0. The molecular weight excluding hydrogens is 334 g/mol. The third-order valence-corrected chi connectivity index (χ3v) is 5.28. The summed E-state index contributed by atoms with van der Waals surface area (Å²) in [6.07, 6.45) is 0. The van der Waals surface area contributed by atoms with E-state index >= 15 is 0 Å². The van der Waals surface area contributed by atoms with Crippen LogP contribution < -0.4 is 5.32 Å². The second-order valence-electron chi connectivity index (χ2n) is 6.19. The molecule has 5 nitrogen and oxygen atoms in total. The van der Waals surface area contributed by atoms with Crippen molar-refractivity contribution in [1.82, 2.24) is 10.2 Å². The smallest absolute Gasteiger partial charge is 0.257 e. The van der Waals surface area contributed by atoms with Gasteiger partial charge in [-0.1, -0.05) is 55.5 Å². The van der Waals surface area contributed by atoms with E-state index in [1.807, 2.05) is 44.2 Å². The Morgan fingerprint density at radius 3 is 2.44 bits per heavy atom. The highest BCUT2D eigenvalue weighted by molar-refractivity contribution is 7.15. The van der Waals surface area contributed by atoms with E-state index in [1.54, 1.807) is 12.1 Å². The predicted octanol–water partition coefficient (Wildman–Crippen LogP) is 4.13. The van der Waals surface area contributed by atoms with E-state index in [9.17, 15) is 9.59 Å². The first-order chi connectivity index (χ1) is 12.0. The molecule has 3 aromatic rings. The third-order valence-electron chi connectivity index (χ3n) is 4.14. The molecule has 1 amide bonds. The zero-order valence-corrected chi connectivity index (χ0v) is 14.6. The minimum atomic E-state index is -0.294. The van der Waals surface area contributed by atoms with Gasteiger partial charge in [-0.15, -0.1) is 10.2 Å². The van der Waals surface area contributed by atoms with Crippen molar-refractivity contribution in [2.45, 2.75) is 19.8 Å². The zero-order chi connectivity index (χ0) is 17.6. The molecule has 25 heavy (non-hydrogen) atoms. The van der Waals surface area contributed by atoms with E-state index in [4.69, 9.17) is 0 Å². The molecule has 124 valence electrons. The second kappa shape index (κ2) is 5.89. The Morgan fingerprint density at radius 1 is 1.00 bits per heavy atom. The van der Waals surface area contributed by atoms with Crippen molar-refractivity contribution in [1.29, 1.82) is 0 Å². The number of benzene rings is 2. The highest BCUT2D eigenvalue weighted by Gasteiger charge is 2.27. The molecule has 0 atom stereocenters. The fourth-order valence-corrected chi connectivity index (χ4v) is 3.60. The van der Waals surface area contributed by atoms with E-state index in [-0.39, 0.29) is 17.6 Å². The summed E-state index contributed by atoms with van der Waals surface area (Å²) >= 11 is 1.36. The number of carbonyl (C=O) groups excluding carboxylic acids is 2. The summed E-state index contributed by atoms with van der Waals surface area (Å²) in [5.74, 6) is -0.0736. The van der Waals surface area contributed by atoms with Crippen LogP contribution in [0.3, 0.4) is 0 Å². The maximum atomic E-state index is 12.5. The highest BCUT2D eigenvalue weighted by atomic mass is 32.1. The predicted molar refractivity (Wildman–Crippen MR) is 97.3 cm³/mol. The SMILES string of the molecule is CC(C)c1nnc(NC(=O)c2ccc3c(c2)C(=O)c2ccccc2-3)s1. The molecule has 0 radical (unpaired) electrons. The minimum Gasteiger partial charge on any atom is -0.296 e. The number of anilines is 1. The Balaban J connectivity index is 1.62. The van der Waals surface area contributed by atoms with Gasteiger partial charge in [0.2, 0.25) is 5.13 Å². The number of amides is 1. The van der Waals surface area contributed by atoms with Crippen molar-refractivity contribution in [3.63, 3.8) is 0 Å². The molecule has 4 rings (SSSR count). The van der Waals surface area contributed by atoms with Crippen LogP contribution in [-0.2, 0) is 0 Å². The number of fused-ring (bicyclic) bond motifs is 3. The van der Waals surface area contributed by atoms with Crippen molar-refractivity contribution < 1.29 is 9.59 Å². The van der Waals surface area contributed by atoms with Crippen LogP contribution in [-0.4, -0.2) is 21.9 Å². The maximum Gasteiger partial charge on any atom is 0.257 e. The van der Waals surface area contributed by atoms with Crippen LogP contribution in [0.5, 0.6) is 0 Å². The number of hydrogen-bond acceptors (Lipinski definition) is 5. The van der Waals surface area contributed by atoms with E-state index in [2.05, 4.69) is 15.5 Å². The molecule has 2 aromatic carbocycles. The molecule has 1 aromatic heterocycles. The standard InChI is InChI=1S/C19H15N3O2S/c1-10(2)18-21-22-19(25-18)20-17(24)11-7-8-13-12-5-3-4-6-14(12)16(23)15(13)9-11/h3-10H,1-2H3,(H,20,22,24). The largest absolute Gasteiger partial charge is 0.296 e. The molecular formula is C19H15N3O2S. The van der Waals surface area contributed by atoms with Gasteiger partial charge in [-0.25, -0.2) is 0 Å². The first-order valence-electron chi connectivity index (χ1n) is 7.97. The van der Waals surface area contributed by atoms with Gasteiger partial charge in [0.1, 0.15) is 5.01 Å². The first-order valence-corrected chi connectivity index (χ1v) is 8.79. The lowest BCUT2D eigenvalue weighted by molar-refractivity contribution is 0.102. The normalized spacial score (nSPS) is 12.2. The number of nitrogens with one attached hydrogen (secondary N) is 1. The van der Waals surface area contributed by atoms with Gasteiger partial charge >= 0.3 is 0 Å². The summed E-state index contributed by atoms with van der Waals surface area (Å²) in [6.45, 7) is 4.05. The number of hydrogen-bond donors (Lipinski definition) is 1. The van der Waals surface area contributed by atoms with Crippen LogP contribution in [0.2, 0.25) is 0 Å². The fourth-order valence-electron chi connectivity index (χ4n) is 2.86. The molecule has 0 bridgehead atoms. The second-order valence-corrected chi connectivity index (χ2v) is 7.20. The fraction of sp³-hybridized carbons (Fsp3) is 0.158. The summed E-state index contributed by atoms with van der Waals surface area (Å²) in [5, 5.41) is 12.1. The average molecular weight is 349 g/mol. The zero-order valence-electron chi connectivity index (χ0n) is 13.7. The summed E-state index contributed by atoms with van der Waals surface area (Å²) in [5.41, 5.74) is 3.46. The van der Waals surface area contributed by atoms with Gasteiger partial charge in [0.05, 0.1) is 0 Å². The third kappa shape index (κ3) is 2.64. The monoisotopic (exact) mass is 349 g/mol.